The summed E-state index contributed by atoms with van der Waals surface area (Å²) in [4.78, 5) is 34.4. The van der Waals surface area contributed by atoms with Crippen molar-refractivity contribution in [3.05, 3.63) is 45.5 Å². The summed E-state index contributed by atoms with van der Waals surface area (Å²) in [5, 5.41) is 10.9. The van der Waals surface area contributed by atoms with E-state index < -0.39 is 16.7 Å². The first-order valence-corrected chi connectivity index (χ1v) is 10.6. The molecule has 0 aliphatic carbocycles. The zero-order valence-corrected chi connectivity index (χ0v) is 17.7. The van der Waals surface area contributed by atoms with E-state index in [1.807, 2.05) is 0 Å². The molecule has 0 heterocycles. The highest BCUT2D eigenvalue weighted by Crippen LogP contribution is 2.17. The van der Waals surface area contributed by atoms with E-state index in [4.69, 9.17) is 4.74 Å². The van der Waals surface area contributed by atoms with Crippen LogP contribution in [0.4, 0.5) is 5.69 Å². The topological polar surface area (TPSA) is 86.5 Å². The molecule has 1 rings (SSSR count). The number of benzene rings is 1. The lowest BCUT2D eigenvalue weighted by atomic mass is 10.1. The number of nitro groups is 1. The van der Waals surface area contributed by atoms with E-state index >= 15 is 0 Å². The minimum atomic E-state index is -0.681. The summed E-state index contributed by atoms with van der Waals surface area (Å²) in [7, 11) is 0. The summed E-state index contributed by atoms with van der Waals surface area (Å²) < 4.78 is 5.23. The summed E-state index contributed by atoms with van der Waals surface area (Å²) in [5.74, 6) is -1.11. The number of ether oxygens (including phenoxy) is 1. The van der Waals surface area contributed by atoms with Gasteiger partial charge >= 0.3 is 5.97 Å². The van der Waals surface area contributed by atoms with Crippen molar-refractivity contribution in [2.75, 3.05) is 6.61 Å². The summed E-state index contributed by atoms with van der Waals surface area (Å²) in [5.41, 5.74) is 0.221. The van der Waals surface area contributed by atoms with Gasteiger partial charge in [0.05, 0.1) is 11.5 Å². The van der Waals surface area contributed by atoms with Crippen molar-refractivity contribution < 1.29 is 19.2 Å². The number of hydrogen-bond acceptors (Lipinski definition) is 5. The number of carbonyl (C=O) groups excluding carboxylic acids is 2. The highest BCUT2D eigenvalue weighted by Gasteiger charge is 2.16. The Morgan fingerprint density at radius 1 is 1.00 bits per heavy atom. The Balaban J connectivity index is 2.36. The molecular formula is C23H33NO5. The third kappa shape index (κ3) is 10.6. The molecule has 0 saturated carbocycles. The number of unbranched alkanes of at least 4 members (excludes halogenated alkanes) is 9. The second-order valence-electron chi connectivity index (χ2n) is 7.28. The molecule has 0 aliphatic rings. The maximum absolute atomic E-state index is 12.2. The van der Waals surface area contributed by atoms with Crippen LogP contribution in [0.1, 0.15) is 83.6 Å². The molecule has 1 aromatic rings. The number of ketones is 1. The Morgan fingerprint density at radius 2 is 1.59 bits per heavy atom. The lowest BCUT2D eigenvalue weighted by Gasteiger charge is -2.07. The van der Waals surface area contributed by atoms with Crippen LogP contribution in [0, 0.1) is 10.1 Å². The van der Waals surface area contributed by atoms with E-state index in [1.54, 1.807) is 6.07 Å². The zero-order valence-electron chi connectivity index (χ0n) is 17.7. The van der Waals surface area contributed by atoms with E-state index in [0.29, 0.717) is 5.56 Å². The van der Waals surface area contributed by atoms with E-state index in [-0.39, 0.29) is 17.9 Å². The van der Waals surface area contributed by atoms with Crippen LogP contribution in [0.5, 0.6) is 0 Å². The minimum Gasteiger partial charge on any atom is -0.462 e. The van der Waals surface area contributed by atoms with Gasteiger partial charge in [0, 0.05) is 12.1 Å². The molecule has 1 aromatic carbocycles. The lowest BCUT2D eigenvalue weighted by molar-refractivity contribution is -0.384. The van der Waals surface area contributed by atoms with Crippen LogP contribution in [0.15, 0.2) is 29.8 Å². The van der Waals surface area contributed by atoms with Gasteiger partial charge in [0.1, 0.15) is 5.57 Å². The number of nitrogens with zero attached hydrogens (tertiary/aromatic N) is 1. The molecule has 6 nitrogen and oxygen atoms in total. The first-order chi connectivity index (χ1) is 14.0. The molecule has 0 spiro atoms. The SMILES string of the molecule is CCCCCCCCCCCCOC(=O)/C(=C\c1cccc([N+](=O)[O-])c1)C(C)=O. The molecule has 0 amide bonds. The lowest BCUT2D eigenvalue weighted by Crippen LogP contribution is -2.14. The first-order valence-electron chi connectivity index (χ1n) is 10.6. The van der Waals surface area contributed by atoms with Crippen molar-refractivity contribution in [3.8, 4) is 0 Å². The predicted molar refractivity (Wildman–Crippen MR) is 115 cm³/mol. The van der Waals surface area contributed by atoms with Gasteiger partial charge in [-0.05, 0) is 25.0 Å². The number of Topliss-reactive ketones (excluding diaryl/α,β-unsaturated/α-hetero) is 1. The maximum atomic E-state index is 12.2. The second kappa shape index (κ2) is 14.5. The summed E-state index contributed by atoms with van der Waals surface area (Å²) in [6, 6.07) is 5.79. The quantitative estimate of drug-likeness (QED) is 0.0678. The minimum absolute atomic E-state index is 0.0969. The van der Waals surface area contributed by atoms with Gasteiger partial charge in [-0.3, -0.25) is 14.9 Å². The van der Waals surface area contributed by atoms with Gasteiger partial charge < -0.3 is 4.74 Å². The Hall–Kier alpha value is -2.50. The molecule has 0 unspecified atom stereocenters. The Kier molecular flexibility index (Phi) is 12.3. The molecule has 0 aromatic heterocycles. The van der Waals surface area contributed by atoms with Gasteiger partial charge in [0.2, 0.25) is 0 Å². The normalized spacial score (nSPS) is 11.3. The fourth-order valence-corrected chi connectivity index (χ4v) is 3.03. The molecule has 0 bridgehead atoms. The predicted octanol–water partition coefficient (Wildman–Crippen LogP) is 6.03. The largest absolute Gasteiger partial charge is 0.462 e. The van der Waals surface area contributed by atoms with Gasteiger partial charge in [-0.25, -0.2) is 4.79 Å². The second-order valence-corrected chi connectivity index (χ2v) is 7.28. The van der Waals surface area contributed by atoms with E-state index in [0.717, 1.165) is 19.3 Å². The number of nitro benzene ring substituents is 1. The molecule has 0 radical (unpaired) electrons. The Labute approximate surface area is 173 Å². The average molecular weight is 404 g/mol. The third-order valence-electron chi connectivity index (χ3n) is 4.72. The highest BCUT2D eigenvalue weighted by molar-refractivity contribution is 6.19. The molecule has 6 heteroatoms. The van der Waals surface area contributed by atoms with Crippen molar-refractivity contribution in [2.24, 2.45) is 0 Å². The molecule has 0 saturated heterocycles. The van der Waals surface area contributed by atoms with E-state index in [2.05, 4.69) is 6.92 Å². The summed E-state index contributed by atoms with van der Waals surface area (Å²) >= 11 is 0. The molecular weight excluding hydrogens is 370 g/mol. The van der Waals surface area contributed by atoms with Crippen LogP contribution in [-0.4, -0.2) is 23.3 Å². The average Bonchev–Trinajstić information content (AvgIpc) is 2.70. The standard InChI is InChI=1S/C23H33NO5/c1-3-4-5-6-7-8-9-10-11-12-16-29-23(26)22(19(2)25)18-20-14-13-15-21(17-20)24(27)28/h13-15,17-18H,3-12,16H2,1-2H3/b22-18-. The van der Waals surface area contributed by atoms with Crippen LogP contribution >= 0.6 is 0 Å². The number of non-ortho nitro benzene ring substituents is 1. The monoisotopic (exact) mass is 403 g/mol. The summed E-state index contributed by atoms with van der Waals surface area (Å²) in [6.07, 6.45) is 13.2. The molecule has 0 atom stereocenters. The van der Waals surface area contributed by atoms with Crippen molar-refractivity contribution in [2.45, 2.75) is 78.1 Å². The number of esters is 1. The smallest absolute Gasteiger partial charge is 0.341 e. The van der Waals surface area contributed by atoms with Crippen molar-refractivity contribution in [1.82, 2.24) is 0 Å². The summed E-state index contributed by atoms with van der Waals surface area (Å²) in [6.45, 7) is 3.77. The van der Waals surface area contributed by atoms with Crippen molar-refractivity contribution >= 4 is 23.5 Å². The Morgan fingerprint density at radius 3 is 2.14 bits per heavy atom. The molecule has 29 heavy (non-hydrogen) atoms. The van der Waals surface area contributed by atoms with E-state index in [1.165, 1.54) is 76.1 Å². The highest BCUT2D eigenvalue weighted by atomic mass is 16.6. The molecule has 0 N–H and O–H groups in total. The molecule has 160 valence electrons. The van der Waals surface area contributed by atoms with Gasteiger partial charge in [-0.15, -0.1) is 0 Å². The van der Waals surface area contributed by atoms with Crippen LogP contribution in [0.3, 0.4) is 0 Å². The maximum Gasteiger partial charge on any atom is 0.341 e. The van der Waals surface area contributed by atoms with Gasteiger partial charge in [0.25, 0.3) is 5.69 Å². The van der Waals surface area contributed by atoms with Gasteiger partial charge in [-0.1, -0.05) is 76.8 Å². The van der Waals surface area contributed by atoms with Crippen LogP contribution in [-0.2, 0) is 14.3 Å². The Bertz CT molecular complexity index is 696. The number of rotatable bonds is 15. The number of carbonyl (C=O) groups is 2. The zero-order chi connectivity index (χ0) is 21.5. The molecule has 0 aliphatic heterocycles. The van der Waals surface area contributed by atoms with Crippen LogP contribution in [0.2, 0.25) is 0 Å². The van der Waals surface area contributed by atoms with E-state index in [9.17, 15) is 19.7 Å². The van der Waals surface area contributed by atoms with Crippen LogP contribution < -0.4 is 0 Å². The number of hydrogen-bond donors (Lipinski definition) is 0. The van der Waals surface area contributed by atoms with Gasteiger partial charge in [0.15, 0.2) is 5.78 Å². The third-order valence-corrected chi connectivity index (χ3v) is 4.72. The van der Waals surface area contributed by atoms with Crippen molar-refractivity contribution in [1.29, 1.82) is 0 Å². The molecule has 0 fully saturated rings. The van der Waals surface area contributed by atoms with Crippen LogP contribution in [0.25, 0.3) is 6.08 Å². The fourth-order valence-electron chi connectivity index (χ4n) is 3.03. The van der Waals surface area contributed by atoms with Gasteiger partial charge in [-0.2, -0.15) is 0 Å². The van der Waals surface area contributed by atoms with Crippen molar-refractivity contribution in [3.63, 3.8) is 0 Å². The fraction of sp³-hybridized carbons (Fsp3) is 0.565. The first kappa shape index (κ1) is 24.5.